The molecule has 2 N–H and O–H groups in total. The van der Waals surface area contributed by atoms with Crippen molar-refractivity contribution < 1.29 is 4.74 Å². The van der Waals surface area contributed by atoms with Crippen LogP contribution < -0.4 is 10.5 Å². The molecule has 20 heavy (non-hydrogen) atoms. The topological polar surface area (TPSA) is 35.2 Å². The van der Waals surface area contributed by atoms with Gasteiger partial charge in [0.2, 0.25) is 0 Å². The second-order valence-electron chi connectivity index (χ2n) is 5.19. The van der Waals surface area contributed by atoms with Gasteiger partial charge in [-0.2, -0.15) is 0 Å². The van der Waals surface area contributed by atoms with Gasteiger partial charge in [0.05, 0.1) is 18.2 Å². The van der Waals surface area contributed by atoms with Gasteiger partial charge in [-0.3, -0.25) is 0 Å². The lowest BCUT2D eigenvalue weighted by Gasteiger charge is -2.15. The Labute approximate surface area is 125 Å². The summed E-state index contributed by atoms with van der Waals surface area (Å²) >= 11 is 6.04. The van der Waals surface area contributed by atoms with E-state index in [0.29, 0.717) is 16.7 Å². The zero-order valence-electron chi connectivity index (χ0n) is 12.1. The largest absolute Gasteiger partial charge is 0.495 e. The highest BCUT2D eigenvalue weighted by Crippen LogP contribution is 2.29. The average Bonchev–Trinajstić information content (AvgIpc) is 2.47. The van der Waals surface area contributed by atoms with Crippen LogP contribution in [0.4, 0.5) is 0 Å². The van der Waals surface area contributed by atoms with Crippen LogP contribution in [0, 0.1) is 0 Å². The van der Waals surface area contributed by atoms with Gasteiger partial charge in [0.15, 0.2) is 0 Å². The number of nitrogens with two attached hydrogens (primary N) is 1. The fraction of sp³-hybridized carbons (Fsp3) is 0.294. The molecule has 0 saturated carbocycles. The van der Waals surface area contributed by atoms with Crippen LogP contribution in [0.5, 0.6) is 5.75 Å². The van der Waals surface area contributed by atoms with E-state index in [1.54, 1.807) is 7.11 Å². The summed E-state index contributed by atoms with van der Waals surface area (Å²) in [5, 5.41) is 0.596. The van der Waals surface area contributed by atoms with Gasteiger partial charge in [0, 0.05) is 0 Å². The molecule has 1 unspecified atom stereocenters. The van der Waals surface area contributed by atoms with Crippen molar-refractivity contribution in [3.63, 3.8) is 0 Å². The molecule has 2 nitrogen and oxygen atoms in total. The van der Waals surface area contributed by atoms with Crippen molar-refractivity contribution in [3.05, 3.63) is 64.2 Å². The zero-order valence-corrected chi connectivity index (χ0v) is 12.8. The Kier molecular flexibility index (Phi) is 4.69. The molecule has 0 amide bonds. The quantitative estimate of drug-likeness (QED) is 0.898. The highest BCUT2D eigenvalue weighted by molar-refractivity contribution is 6.32. The minimum absolute atomic E-state index is 0.178. The fourth-order valence-corrected chi connectivity index (χ4v) is 2.35. The Morgan fingerprint density at radius 2 is 1.50 bits per heavy atom. The Balaban J connectivity index is 2.28. The van der Waals surface area contributed by atoms with E-state index in [2.05, 4.69) is 38.1 Å². The Morgan fingerprint density at radius 3 is 2.05 bits per heavy atom. The molecule has 0 heterocycles. The monoisotopic (exact) mass is 289 g/mol. The summed E-state index contributed by atoms with van der Waals surface area (Å²) in [5.74, 6) is 1.18. The van der Waals surface area contributed by atoms with E-state index in [0.717, 1.165) is 11.1 Å². The molecule has 0 aromatic heterocycles. The van der Waals surface area contributed by atoms with Crippen LogP contribution in [0.15, 0.2) is 42.5 Å². The number of hydrogen-bond donors (Lipinski definition) is 1. The minimum atomic E-state index is -0.178. The molecule has 3 heteroatoms. The number of ether oxygens (including phenoxy) is 1. The smallest absolute Gasteiger partial charge is 0.137 e. The lowest BCUT2D eigenvalue weighted by molar-refractivity contribution is 0.414. The highest BCUT2D eigenvalue weighted by atomic mass is 35.5. The van der Waals surface area contributed by atoms with Gasteiger partial charge >= 0.3 is 0 Å². The average molecular weight is 290 g/mol. The van der Waals surface area contributed by atoms with Crippen molar-refractivity contribution in [2.24, 2.45) is 5.73 Å². The van der Waals surface area contributed by atoms with E-state index < -0.39 is 0 Å². The molecule has 0 bridgehead atoms. The molecular formula is C17H20ClNO. The summed E-state index contributed by atoms with van der Waals surface area (Å²) in [6.07, 6.45) is 0. The first kappa shape index (κ1) is 14.9. The van der Waals surface area contributed by atoms with Crippen molar-refractivity contribution in [1.82, 2.24) is 0 Å². The minimum Gasteiger partial charge on any atom is -0.495 e. The van der Waals surface area contributed by atoms with E-state index >= 15 is 0 Å². The summed E-state index contributed by atoms with van der Waals surface area (Å²) in [6.45, 7) is 4.36. The lowest BCUT2D eigenvalue weighted by Crippen LogP contribution is -2.12. The van der Waals surface area contributed by atoms with Crippen LogP contribution in [-0.4, -0.2) is 7.11 Å². The Morgan fingerprint density at radius 1 is 0.950 bits per heavy atom. The first-order chi connectivity index (χ1) is 9.52. The van der Waals surface area contributed by atoms with Crippen LogP contribution in [-0.2, 0) is 0 Å². The lowest BCUT2D eigenvalue weighted by atomic mass is 9.96. The maximum Gasteiger partial charge on any atom is 0.137 e. The second-order valence-corrected chi connectivity index (χ2v) is 5.60. The number of hydrogen-bond acceptors (Lipinski definition) is 2. The van der Waals surface area contributed by atoms with Gasteiger partial charge < -0.3 is 10.5 Å². The molecule has 0 spiro atoms. The molecule has 0 aliphatic rings. The van der Waals surface area contributed by atoms with Crippen LogP contribution >= 0.6 is 11.6 Å². The van der Waals surface area contributed by atoms with Crippen molar-refractivity contribution in [1.29, 1.82) is 0 Å². The number of halogens is 1. The molecule has 1 atom stereocenters. The van der Waals surface area contributed by atoms with Crippen LogP contribution in [0.25, 0.3) is 0 Å². The molecule has 106 valence electrons. The summed E-state index contributed by atoms with van der Waals surface area (Å²) in [4.78, 5) is 0. The molecule has 0 fully saturated rings. The molecule has 0 aliphatic heterocycles. The van der Waals surface area contributed by atoms with E-state index in [1.807, 2.05) is 18.2 Å². The normalized spacial score (nSPS) is 12.5. The molecule has 2 aromatic rings. The summed E-state index contributed by atoms with van der Waals surface area (Å²) in [7, 11) is 1.61. The fourth-order valence-electron chi connectivity index (χ4n) is 2.15. The third-order valence-corrected chi connectivity index (χ3v) is 3.81. The molecule has 2 aromatic carbocycles. The Hall–Kier alpha value is -1.51. The first-order valence-corrected chi connectivity index (χ1v) is 7.09. The highest BCUT2D eigenvalue weighted by Gasteiger charge is 2.12. The van der Waals surface area contributed by atoms with Gasteiger partial charge in [0.25, 0.3) is 0 Å². The van der Waals surface area contributed by atoms with Crippen molar-refractivity contribution in [2.75, 3.05) is 7.11 Å². The standard InChI is InChI=1S/C17H20ClNO/c1-11(2)12-4-6-13(7-5-12)17(19)14-8-9-15(18)16(10-14)20-3/h4-11,17H,19H2,1-3H3. The number of benzene rings is 2. The van der Waals surface area contributed by atoms with Gasteiger partial charge in [-0.25, -0.2) is 0 Å². The zero-order chi connectivity index (χ0) is 14.7. The third kappa shape index (κ3) is 3.14. The van der Waals surface area contributed by atoms with Crippen molar-refractivity contribution in [3.8, 4) is 5.75 Å². The molecule has 0 radical (unpaired) electrons. The molecule has 2 rings (SSSR count). The third-order valence-electron chi connectivity index (χ3n) is 3.50. The number of rotatable bonds is 4. The van der Waals surface area contributed by atoms with E-state index in [-0.39, 0.29) is 6.04 Å². The molecular weight excluding hydrogens is 270 g/mol. The van der Waals surface area contributed by atoms with Crippen LogP contribution in [0.3, 0.4) is 0 Å². The predicted octanol–water partition coefficient (Wildman–Crippen LogP) is 4.52. The van der Waals surface area contributed by atoms with E-state index in [9.17, 15) is 0 Å². The molecule has 0 aliphatic carbocycles. The SMILES string of the molecule is COc1cc(C(N)c2ccc(C(C)C)cc2)ccc1Cl. The molecule has 0 saturated heterocycles. The van der Waals surface area contributed by atoms with Crippen molar-refractivity contribution >= 4 is 11.6 Å². The van der Waals surface area contributed by atoms with E-state index in [1.165, 1.54) is 5.56 Å². The summed E-state index contributed by atoms with van der Waals surface area (Å²) in [6, 6.07) is 13.9. The maximum atomic E-state index is 6.32. The predicted molar refractivity (Wildman–Crippen MR) is 84.6 cm³/mol. The summed E-state index contributed by atoms with van der Waals surface area (Å²) < 4.78 is 5.23. The van der Waals surface area contributed by atoms with Crippen LogP contribution in [0.1, 0.15) is 42.5 Å². The second kappa shape index (κ2) is 6.29. The van der Waals surface area contributed by atoms with Crippen molar-refractivity contribution in [2.45, 2.75) is 25.8 Å². The van der Waals surface area contributed by atoms with E-state index in [4.69, 9.17) is 22.1 Å². The first-order valence-electron chi connectivity index (χ1n) is 6.71. The van der Waals surface area contributed by atoms with Gasteiger partial charge in [-0.1, -0.05) is 55.8 Å². The van der Waals surface area contributed by atoms with Gasteiger partial charge in [0.1, 0.15) is 5.75 Å². The number of methoxy groups -OCH3 is 1. The maximum absolute atomic E-state index is 6.32. The van der Waals surface area contributed by atoms with Gasteiger partial charge in [-0.05, 0) is 34.7 Å². The summed E-state index contributed by atoms with van der Waals surface area (Å²) in [5.41, 5.74) is 9.70. The Bertz CT molecular complexity index is 578. The van der Waals surface area contributed by atoms with Gasteiger partial charge in [-0.15, -0.1) is 0 Å². The van der Waals surface area contributed by atoms with Crippen LogP contribution in [0.2, 0.25) is 5.02 Å².